The summed E-state index contributed by atoms with van der Waals surface area (Å²) in [6.07, 6.45) is 1.37. The van der Waals surface area contributed by atoms with Gasteiger partial charge in [-0.2, -0.15) is 0 Å². The standard InChI is InChI=1S/C16H22N2O3/c1-4-7-11(2)17-15(19)10-18-13-8-5-6-9-14(13)21-12(3)16(18)20/h5-6,8-9,11-12H,4,7,10H2,1-3H3,(H,17,19)/t11-,12-/m1/s1. The molecule has 5 heteroatoms. The largest absolute Gasteiger partial charge is 0.479 e. The first-order valence-electron chi connectivity index (χ1n) is 7.39. The summed E-state index contributed by atoms with van der Waals surface area (Å²) in [6, 6.07) is 7.40. The molecular formula is C16H22N2O3. The Hall–Kier alpha value is -2.04. The van der Waals surface area contributed by atoms with Gasteiger partial charge >= 0.3 is 0 Å². The van der Waals surface area contributed by atoms with Crippen molar-refractivity contribution in [3.05, 3.63) is 24.3 Å². The molecule has 1 aliphatic heterocycles. The third kappa shape index (κ3) is 3.54. The molecule has 114 valence electrons. The van der Waals surface area contributed by atoms with E-state index in [2.05, 4.69) is 12.2 Å². The molecule has 5 nitrogen and oxygen atoms in total. The zero-order valence-corrected chi connectivity index (χ0v) is 12.8. The fourth-order valence-corrected chi connectivity index (χ4v) is 2.49. The van der Waals surface area contributed by atoms with Gasteiger partial charge in [0.2, 0.25) is 5.91 Å². The van der Waals surface area contributed by atoms with Crippen LogP contribution in [0, 0.1) is 0 Å². The normalized spacial score (nSPS) is 18.7. The molecule has 0 aliphatic carbocycles. The number of hydrogen-bond acceptors (Lipinski definition) is 3. The molecular weight excluding hydrogens is 268 g/mol. The number of fused-ring (bicyclic) bond motifs is 1. The van der Waals surface area contributed by atoms with Gasteiger partial charge in [-0.25, -0.2) is 0 Å². The third-order valence-corrected chi connectivity index (χ3v) is 3.50. The summed E-state index contributed by atoms with van der Waals surface area (Å²) >= 11 is 0. The maximum absolute atomic E-state index is 12.3. The van der Waals surface area contributed by atoms with Crippen LogP contribution in [0.1, 0.15) is 33.6 Å². The Morgan fingerprint density at radius 3 is 2.86 bits per heavy atom. The van der Waals surface area contributed by atoms with Crippen LogP contribution < -0.4 is 15.0 Å². The molecule has 0 spiro atoms. The van der Waals surface area contributed by atoms with Crippen molar-refractivity contribution in [3.63, 3.8) is 0 Å². The van der Waals surface area contributed by atoms with E-state index < -0.39 is 6.10 Å². The van der Waals surface area contributed by atoms with Gasteiger partial charge in [-0.05, 0) is 32.4 Å². The zero-order chi connectivity index (χ0) is 15.4. The van der Waals surface area contributed by atoms with E-state index in [4.69, 9.17) is 4.74 Å². The minimum absolute atomic E-state index is 0.0254. The van der Waals surface area contributed by atoms with Crippen LogP contribution in [-0.2, 0) is 9.59 Å². The van der Waals surface area contributed by atoms with Gasteiger partial charge in [0.15, 0.2) is 6.10 Å². The zero-order valence-electron chi connectivity index (χ0n) is 12.8. The Morgan fingerprint density at radius 1 is 1.43 bits per heavy atom. The van der Waals surface area contributed by atoms with Crippen LogP contribution in [0.3, 0.4) is 0 Å². The van der Waals surface area contributed by atoms with Crippen molar-refractivity contribution >= 4 is 17.5 Å². The minimum atomic E-state index is -0.569. The third-order valence-electron chi connectivity index (χ3n) is 3.50. The highest BCUT2D eigenvalue weighted by atomic mass is 16.5. The smallest absolute Gasteiger partial charge is 0.268 e. The molecule has 0 saturated carbocycles. The molecule has 21 heavy (non-hydrogen) atoms. The predicted octanol–water partition coefficient (Wildman–Crippen LogP) is 2.11. The number of nitrogens with zero attached hydrogens (tertiary/aromatic N) is 1. The highest BCUT2D eigenvalue weighted by Crippen LogP contribution is 2.33. The van der Waals surface area contributed by atoms with Crippen LogP contribution in [0.15, 0.2) is 24.3 Å². The van der Waals surface area contributed by atoms with Crippen molar-refractivity contribution in [1.82, 2.24) is 5.32 Å². The molecule has 1 aromatic rings. The molecule has 2 amide bonds. The number of anilines is 1. The second-order valence-electron chi connectivity index (χ2n) is 5.41. The van der Waals surface area contributed by atoms with E-state index in [1.807, 2.05) is 25.1 Å². The molecule has 0 unspecified atom stereocenters. The molecule has 1 heterocycles. The summed E-state index contributed by atoms with van der Waals surface area (Å²) in [4.78, 5) is 25.9. The average Bonchev–Trinajstić information content (AvgIpc) is 2.44. The van der Waals surface area contributed by atoms with Crippen LogP contribution >= 0.6 is 0 Å². The lowest BCUT2D eigenvalue weighted by atomic mass is 10.1. The van der Waals surface area contributed by atoms with E-state index in [0.29, 0.717) is 11.4 Å². The van der Waals surface area contributed by atoms with Gasteiger partial charge in [0, 0.05) is 6.04 Å². The molecule has 0 fully saturated rings. The molecule has 1 N–H and O–H groups in total. The Balaban J connectivity index is 2.11. The van der Waals surface area contributed by atoms with E-state index in [1.165, 1.54) is 4.90 Å². The first kappa shape index (κ1) is 15.4. The number of carbonyl (C=O) groups excluding carboxylic acids is 2. The van der Waals surface area contributed by atoms with Crippen molar-refractivity contribution < 1.29 is 14.3 Å². The first-order valence-corrected chi connectivity index (χ1v) is 7.39. The molecule has 2 rings (SSSR count). The van der Waals surface area contributed by atoms with E-state index in [0.717, 1.165) is 12.8 Å². The van der Waals surface area contributed by atoms with Gasteiger partial charge < -0.3 is 10.1 Å². The number of nitrogens with one attached hydrogen (secondary N) is 1. The monoisotopic (exact) mass is 290 g/mol. The Morgan fingerprint density at radius 2 is 2.14 bits per heavy atom. The highest BCUT2D eigenvalue weighted by Gasteiger charge is 2.32. The first-order chi connectivity index (χ1) is 10.0. The van der Waals surface area contributed by atoms with Gasteiger partial charge in [-0.15, -0.1) is 0 Å². The lowest BCUT2D eigenvalue weighted by Gasteiger charge is -2.32. The maximum Gasteiger partial charge on any atom is 0.268 e. The van der Waals surface area contributed by atoms with Crippen molar-refractivity contribution in [1.29, 1.82) is 0 Å². The van der Waals surface area contributed by atoms with Crippen molar-refractivity contribution in [2.24, 2.45) is 0 Å². The SMILES string of the molecule is CCC[C@@H](C)NC(=O)CN1C(=O)[C@@H](C)Oc2ccccc21. The van der Waals surface area contributed by atoms with E-state index in [-0.39, 0.29) is 24.4 Å². The topological polar surface area (TPSA) is 58.6 Å². The molecule has 1 aliphatic rings. The predicted molar refractivity (Wildman–Crippen MR) is 81.4 cm³/mol. The number of amides is 2. The summed E-state index contributed by atoms with van der Waals surface area (Å²) in [7, 11) is 0. The Bertz CT molecular complexity index is 530. The summed E-state index contributed by atoms with van der Waals surface area (Å²) in [5.41, 5.74) is 0.652. The van der Waals surface area contributed by atoms with E-state index in [9.17, 15) is 9.59 Å². The van der Waals surface area contributed by atoms with Gasteiger partial charge in [-0.1, -0.05) is 25.5 Å². The van der Waals surface area contributed by atoms with Crippen molar-refractivity contribution in [2.45, 2.75) is 45.8 Å². The molecule has 0 radical (unpaired) electrons. The number of hydrogen-bond donors (Lipinski definition) is 1. The molecule has 2 atom stereocenters. The quantitative estimate of drug-likeness (QED) is 0.903. The lowest BCUT2D eigenvalue weighted by molar-refractivity contribution is -0.128. The van der Waals surface area contributed by atoms with Crippen LogP contribution in [-0.4, -0.2) is 30.5 Å². The molecule has 0 bridgehead atoms. The van der Waals surface area contributed by atoms with Crippen LogP contribution in [0.2, 0.25) is 0 Å². The lowest BCUT2D eigenvalue weighted by Crippen LogP contribution is -2.49. The van der Waals surface area contributed by atoms with Crippen LogP contribution in [0.4, 0.5) is 5.69 Å². The number of benzene rings is 1. The fraction of sp³-hybridized carbons (Fsp3) is 0.500. The van der Waals surface area contributed by atoms with Gasteiger partial charge in [0.25, 0.3) is 5.91 Å². The molecule has 0 saturated heterocycles. The minimum Gasteiger partial charge on any atom is -0.479 e. The number of rotatable bonds is 5. The number of ether oxygens (including phenoxy) is 1. The molecule has 0 aromatic heterocycles. The maximum atomic E-state index is 12.3. The second-order valence-corrected chi connectivity index (χ2v) is 5.41. The number of carbonyl (C=O) groups is 2. The van der Waals surface area contributed by atoms with E-state index in [1.54, 1.807) is 13.0 Å². The van der Waals surface area contributed by atoms with Gasteiger partial charge in [-0.3, -0.25) is 14.5 Å². The van der Waals surface area contributed by atoms with Crippen molar-refractivity contribution in [3.8, 4) is 5.75 Å². The fourth-order valence-electron chi connectivity index (χ4n) is 2.49. The summed E-state index contributed by atoms with van der Waals surface area (Å²) in [5.74, 6) is 0.305. The summed E-state index contributed by atoms with van der Waals surface area (Å²) < 4.78 is 5.55. The summed E-state index contributed by atoms with van der Waals surface area (Å²) in [6.45, 7) is 5.77. The molecule has 1 aromatic carbocycles. The second kappa shape index (κ2) is 6.61. The van der Waals surface area contributed by atoms with Crippen LogP contribution in [0.25, 0.3) is 0 Å². The van der Waals surface area contributed by atoms with Crippen molar-refractivity contribution in [2.75, 3.05) is 11.4 Å². The summed E-state index contributed by atoms with van der Waals surface area (Å²) in [5, 5.41) is 2.92. The van der Waals surface area contributed by atoms with Gasteiger partial charge in [0.05, 0.1) is 5.69 Å². The van der Waals surface area contributed by atoms with E-state index >= 15 is 0 Å². The van der Waals surface area contributed by atoms with Gasteiger partial charge in [0.1, 0.15) is 12.3 Å². The van der Waals surface area contributed by atoms with Crippen LogP contribution in [0.5, 0.6) is 5.75 Å². The Kier molecular flexibility index (Phi) is 4.83. The number of para-hydroxylation sites is 2. The Labute approximate surface area is 125 Å². The average molecular weight is 290 g/mol. The highest BCUT2D eigenvalue weighted by molar-refractivity contribution is 6.03.